The lowest BCUT2D eigenvalue weighted by Crippen LogP contribution is -2.66. The van der Waals surface area contributed by atoms with Crippen LogP contribution in [0.3, 0.4) is 0 Å². The highest BCUT2D eigenvalue weighted by Crippen LogP contribution is 2.38. The van der Waals surface area contributed by atoms with Gasteiger partial charge in [-0.3, -0.25) is 19.9 Å². The lowest BCUT2D eigenvalue weighted by atomic mass is 10.1. The summed E-state index contributed by atoms with van der Waals surface area (Å²) in [7, 11) is 4.98. The maximum Gasteiger partial charge on any atom is 0.328 e. The maximum absolute atomic E-state index is 13.7. The zero-order chi connectivity index (χ0) is 24.0. The number of halogens is 1. The highest BCUT2D eigenvalue weighted by molar-refractivity contribution is 6.31. The molecule has 10 heteroatoms. The third-order valence-electron chi connectivity index (χ3n) is 6.85. The number of hydrogen-bond acceptors (Lipinski definition) is 7. The van der Waals surface area contributed by atoms with E-state index in [4.69, 9.17) is 21.1 Å². The first-order valence-corrected chi connectivity index (χ1v) is 11.6. The minimum atomic E-state index is -0.498. The van der Waals surface area contributed by atoms with E-state index in [1.54, 1.807) is 32.2 Å². The molecule has 0 spiro atoms. The minimum absolute atomic E-state index is 0.138. The molecule has 34 heavy (non-hydrogen) atoms. The van der Waals surface area contributed by atoms with Crippen LogP contribution in [0.5, 0.6) is 11.5 Å². The molecule has 0 bridgehead atoms. The van der Waals surface area contributed by atoms with Crippen molar-refractivity contribution in [3.8, 4) is 11.5 Å². The van der Waals surface area contributed by atoms with Crippen LogP contribution in [0.2, 0.25) is 5.02 Å². The van der Waals surface area contributed by atoms with Crippen molar-refractivity contribution < 1.29 is 19.1 Å². The van der Waals surface area contributed by atoms with Crippen LogP contribution in [0, 0.1) is 0 Å². The fourth-order valence-corrected chi connectivity index (χ4v) is 5.33. The first kappa shape index (κ1) is 22.8. The van der Waals surface area contributed by atoms with Gasteiger partial charge in [-0.2, -0.15) is 0 Å². The molecule has 2 aromatic carbocycles. The van der Waals surface area contributed by atoms with Crippen molar-refractivity contribution in [2.75, 3.05) is 39.3 Å². The Labute approximate surface area is 203 Å². The van der Waals surface area contributed by atoms with Crippen LogP contribution in [0.1, 0.15) is 12.0 Å². The van der Waals surface area contributed by atoms with E-state index < -0.39 is 12.2 Å². The number of benzene rings is 2. The van der Waals surface area contributed by atoms with Gasteiger partial charge in [0.25, 0.3) is 5.91 Å². The molecule has 180 valence electrons. The second kappa shape index (κ2) is 8.98. The molecule has 9 nitrogen and oxygen atoms in total. The number of ether oxygens (including phenoxy) is 2. The summed E-state index contributed by atoms with van der Waals surface area (Å²) < 4.78 is 11.0. The zero-order valence-corrected chi connectivity index (χ0v) is 20.2. The topological polar surface area (TPSA) is 77.6 Å². The van der Waals surface area contributed by atoms with Crippen LogP contribution in [0.25, 0.3) is 0 Å². The molecule has 3 amide bonds. The van der Waals surface area contributed by atoms with Crippen LogP contribution >= 0.6 is 11.6 Å². The molecule has 3 aliphatic heterocycles. The van der Waals surface area contributed by atoms with Crippen LogP contribution < -0.4 is 19.7 Å². The Morgan fingerprint density at radius 3 is 2.62 bits per heavy atom. The Kier molecular flexibility index (Phi) is 6.01. The van der Waals surface area contributed by atoms with E-state index in [-0.39, 0.29) is 24.8 Å². The van der Waals surface area contributed by atoms with Crippen LogP contribution in [-0.2, 0) is 11.3 Å². The van der Waals surface area contributed by atoms with Gasteiger partial charge in [-0.05, 0) is 30.2 Å². The van der Waals surface area contributed by atoms with E-state index >= 15 is 0 Å². The van der Waals surface area contributed by atoms with Crippen molar-refractivity contribution >= 4 is 29.2 Å². The van der Waals surface area contributed by atoms with Crippen LogP contribution in [0.15, 0.2) is 42.5 Å². The fraction of sp³-hybridized carbons (Fsp3) is 0.417. The molecule has 0 saturated carbocycles. The largest absolute Gasteiger partial charge is 0.497 e. The molecule has 1 N–H and O–H groups in total. The van der Waals surface area contributed by atoms with Gasteiger partial charge in [-0.25, -0.2) is 4.79 Å². The number of methoxy groups -OCH3 is 2. The number of urea groups is 1. The number of fused-ring (bicyclic) bond motifs is 3. The van der Waals surface area contributed by atoms with Gasteiger partial charge in [0, 0.05) is 31.2 Å². The fourth-order valence-electron chi connectivity index (χ4n) is 5.13. The third-order valence-corrected chi connectivity index (χ3v) is 7.22. The molecule has 0 radical (unpaired) electrons. The summed E-state index contributed by atoms with van der Waals surface area (Å²) in [6, 6.07) is 12.1. The van der Waals surface area contributed by atoms with Crippen molar-refractivity contribution in [2.45, 2.75) is 31.5 Å². The molecule has 3 aliphatic rings. The molecule has 0 aromatic heterocycles. The Morgan fingerprint density at radius 1 is 1.09 bits per heavy atom. The normalized spacial score (nSPS) is 24.8. The quantitative estimate of drug-likeness (QED) is 0.697. The van der Waals surface area contributed by atoms with Crippen LogP contribution in [0.4, 0.5) is 10.5 Å². The van der Waals surface area contributed by atoms with Gasteiger partial charge in [0.2, 0.25) is 0 Å². The Hall–Kier alpha value is -3.01. The number of likely N-dealkylation sites (N-methyl/N-ethyl adjacent to an activating group) is 1. The summed E-state index contributed by atoms with van der Waals surface area (Å²) >= 11 is 6.32. The highest BCUT2D eigenvalue weighted by atomic mass is 35.5. The number of amides is 3. The van der Waals surface area contributed by atoms with Gasteiger partial charge in [-0.1, -0.05) is 29.8 Å². The molecule has 0 aliphatic carbocycles. The Bertz CT molecular complexity index is 1110. The first-order valence-electron chi connectivity index (χ1n) is 11.3. The van der Waals surface area contributed by atoms with E-state index in [1.165, 1.54) is 4.90 Å². The monoisotopic (exact) mass is 485 g/mol. The lowest BCUT2D eigenvalue weighted by Gasteiger charge is -2.44. The second-order valence-electron chi connectivity index (χ2n) is 8.66. The van der Waals surface area contributed by atoms with E-state index in [9.17, 15) is 9.59 Å². The summed E-state index contributed by atoms with van der Waals surface area (Å²) in [5, 5.41) is 4.06. The van der Waals surface area contributed by atoms with E-state index in [0.717, 1.165) is 30.8 Å². The molecule has 3 heterocycles. The van der Waals surface area contributed by atoms with Gasteiger partial charge in [-0.15, -0.1) is 0 Å². The molecular formula is C24H28ClN5O4. The summed E-state index contributed by atoms with van der Waals surface area (Å²) in [6.45, 7) is 1.66. The first-order chi connectivity index (χ1) is 16.4. The Morgan fingerprint density at radius 2 is 1.88 bits per heavy atom. The van der Waals surface area contributed by atoms with Crippen molar-refractivity contribution in [2.24, 2.45) is 0 Å². The SMILES string of the molecule is COc1ccc(N2CCCN3C4C(=O)N(Cc5ccccc5Cl)C(=O)N(C)C4NC23)c(OC)c1. The van der Waals surface area contributed by atoms with Gasteiger partial charge < -0.3 is 19.3 Å². The molecule has 3 saturated heterocycles. The van der Waals surface area contributed by atoms with Crippen molar-refractivity contribution in [1.29, 1.82) is 0 Å². The molecule has 3 atom stereocenters. The average Bonchev–Trinajstić information content (AvgIpc) is 3.26. The maximum atomic E-state index is 13.7. The molecular weight excluding hydrogens is 458 g/mol. The highest BCUT2D eigenvalue weighted by Gasteiger charge is 2.56. The molecule has 3 fully saturated rings. The van der Waals surface area contributed by atoms with Gasteiger partial charge in [0.05, 0.1) is 26.5 Å². The molecule has 3 unspecified atom stereocenters. The number of anilines is 1. The van der Waals surface area contributed by atoms with E-state index in [0.29, 0.717) is 16.5 Å². The van der Waals surface area contributed by atoms with Crippen LogP contribution in [-0.4, -0.2) is 79.5 Å². The standard InChI is InChI=1S/C24H28ClN5O4/c1-27-21-20(22(31)30(24(27)32)14-15-7-4-5-8-17(15)25)29-12-6-11-28(23(29)26-21)18-10-9-16(33-2)13-19(18)34-3/h4-5,7-10,13,20-21,23,26H,6,11-12,14H2,1-3H3. The van der Waals surface area contributed by atoms with E-state index in [1.807, 2.05) is 36.4 Å². The van der Waals surface area contributed by atoms with Crippen molar-refractivity contribution in [3.05, 3.63) is 53.1 Å². The molecule has 2 aromatic rings. The summed E-state index contributed by atoms with van der Waals surface area (Å²) in [6.07, 6.45) is 0.175. The summed E-state index contributed by atoms with van der Waals surface area (Å²) in [5.41, 5.74) is 1.64. The number of hydrogen-bond donors (Lipinski definition) is 1. The van der Waals surface area contributed by atoms with Gasteiger partial charge >= 0.3 is 6.03 Å². The number of carbonyl (C=O) groups is 2. The number of carbonyl (C=O) groups excluding carboxylic acids is 2. The lowest BCUT2D eigenvalue weighted by molar-refractivity contribution is -0.139. The summed E-state index contributed by atoms with van der Waals surface area (Å²) in [4.78, 5) is 34.1. The third kappa shape index (κ3) is 3.64. The minimum Gasteiger partial charge on any atom is -0.497 e. The number of imide groups is 1. The number of rotatable bonds is 5. The Balaban J connectivity index is 1.45. The second-order valence-corrected chi connectivity index (χ2v) is 9.07. The predicted octanol–water partition coefficient (Wildman–Crippen LogP) is 2.55. The average molecular weight is 486 g/mol. The van der Waals surface area contributed by atoms with Crippen molar-refractivity contribution in [3.63, 3.8) is 0 Å². The van der Waals surface area contributed by atoms with Gasteiger partial charge in [0.15, 0.2) is 0 Å². The van der Waals surface area contributed by atoms with Crippen molar-refractivity contribution in [1.82, 2.24) is 20.0 Å². The van der Waals surface area contributed by atoms with E-state index in [2.05, 4.69) is 15.1 Å². The predicted molar refractivity (Wildman–Crippen MR) is 128 cm³/mol. The summed E-state index contributed by atoms with van der Waals surface area (Å²) in [5.74, 6) is 1.18. The zero-order valence-electron chi connectivity index (χ0n) is 19.4. The number of nitrogens with zero attached hydrogens (tertiary/aromatic N) is 4. The molecule has 5 rings (SSSR count). The number of nitrogens with one attached hydrogen (secondary N) is 1. The smallest absolute Gasteiger partial charge is 0.328 e. The van der Waals surface area contributed by atoms with Gasteiger partial charge in [0.1, 0.15) is 30.0 Å².